The van der Waals surface area contributed by atoms with Crippen molar-refractivity contribution in [1.29, 1.82) is 0 Å². The smallest absolute Gasteiger partial charge is 0.252 e. The SMILES string of the molecule is Cc1cccc(CC2=NC(C)(C)C(=O)N2)c1. The van der Waals surface area contributed by atoms with Crippen LogP contribution in [0.1, 0.15) is 25.0 Å². The summed E-state index contributed by atoms with van der Waals surface area (Å²) in [6.45, 7) is 5.71. The Balaban J connectivity index is 2.16. The molecule has 3 heteroatoms. The van der Waals surface area contributed by atoms with Crippen molar-refractivity contribution in [3.8, 4) is 0 Å². The van der Waals surface area contributed by atoms with E-state index in [4.69, 9.17) is 0 Å². The van der Waals surface area contributed by atoms with Gasteiger partial charge in [-0.3, -0.25) is 9.79 Å². The average molecular weight is 216 g/mol. The lowest BCUT2D eigenvalue weighted by Crippen LogP contribution is -2.34. The quantitative estimate of drug-likeness (QED) is 0.805. The number of hydrogen-bond donors (Lipinski definition) is 1. The lowest BCUT2D eigenvalue weighted by molar-refractivity contribution is -0.122. The molecule has 1 aliphatic heterocycles. The molecule has 1 N–H and O–H groups in total. The van der Waals surface area contributed by atoms with Crippen molar-refractivity contribution in [3.05, 3.63) is 35.4 Å². The zero-order valence-electron chi connectivity index (χ0n) is 9.87. The number of nitrogens with zero attached hydrogens (tertiary/aromatic N) is 1. The van der Waals surface area contributed by atoms with Crippen molar-refractivity contribution < 1.29 is 4.79 Å². The molecule has 84 valence electrons. The van der Waals surface area contributed by atoms with Crippen LogP contribution in [0.5, 0.6) is 0 Å². The minimum atomic E-state index is -0.612. The maximum atomic E-state index is 11.5. The van der Waals surface area contributed by atoms with E-state index in [2.05, 4.69) is 29.4 Å². The van der Waals surface area contributed by atoms with Gasteiger partial charge >= 0.3 is 0 Å². The standard InChI is InChI=1S/C13H16N2O/c1-9-5-4-6-10(7-9)8-11-14-12(16)13(2,3)15-11/h4-7H,8H2,1-3H3,(H,14,15,16). The summed E-state index contributed by atoms with van der Waals surface area (Å²) >= 11 is 0. The van der Waals surface area contributed by atoms with E-state index in [1.54, 1.807) is 0 Å². The Labute approximate surface area is 95.6 Å². The molecule has 1 amide bonds. The second kappa shape index (κ2) is 3.74. The Bertz CT molecular complexity index is 461. The molecule has 0 radical (unpaired) electrons. The minimum Gasteiger partial charge on any atom is -0.312 e. The Morgan fingerprint density at radius 3 is 2.69 bits per heavy atom. The number of amidine groups is 1. The Kier molecular flexibility index (Phi) is 2.54. The fourth-order valence-corrected chi connectivity index (χ4v) is 1.80. The number of hydrogen-bond acceptors (Lipinski definition) is 2. The molecule has 0 saturated carbocycles. The van der Waals surface area contributed by atoms with Crippen molar-refractivity contribution in [2.45, 2.75) is 32.7 Å². The number of benzene rings is 1. The van der Waals surface area contributed by atoms with Crippen LogP contribution in [0.4, 0.5) is 0 Å². The third-order valence-corrected chi connectivity index (χ3v) is 2.68. The van der Waals surface area contributed by atoms with Gasteiger partial charge in [0.25, 0.3) is 5.91 Å². The summed E-state index contributed by atoms with van der Waals surface area (Å²) in [5.74, 6) is 0.746. The van der Waals surface area contributed by atoms with Gasteiger partial charge in [-0.15, -0.1) is 0 Å². The van der Waals surface area contributed by atoms with Gasteiger partial charge in [-0.1, -0.05) is 29.8 Å². The molecule has 16 heavy (non-hydrogen) atoms. The number of carbonyl (C=O) groups is 1. The Morgan fingerprint density at radius 1 is 1.38 bits per heavy atom. The third-order valence-electron chi connectivity index (χ3n) is 2.68. The van der Waals surface area contributed by atoms with Crippen LogP contribution in [-0.2, 0) is 11.2 Å². The van der Waals surface area contributed by atoms with Gasteiger partial charge in [0.1, 0.15) is 11.4 Å². The first kappa shape index (κ1) is 10.9. The molecule has 0 bridgehead atoms. The van der Waals surface area contributed by atoms with E-state index in [1.807, 2.05) is 26.0 Å². The Hall–Kier alpha value is -1.64. The van der Waals surface area contributed by atoms with E-state index < -0.39 is 5.54 Å². The number of aliphatic imine (C=N–C) groups is 1. The van der Waals surface area contributed by atoms with Gasteiger partial charge in [0.05, 0.1) is 0 Å². The predicted molar refractivity (Wildman–Crippen MR) is 64.5 cm³/mol. The molecule has 1 heterocycles. The number of carbonyl (C=O) groups excluding carboxylic acids is 1. The molecule has 1 aromatic carbocycles. The number of nitrogens with one attached hydrogen (secondary N) is 1. The van der Waals surface area contributed by atoms with Crippen molar-refractivity contribution in [1.82, 2.24) is 5.32 Å². The highest BCUT2D eigenvalue weighted by Gasteiger charge is 2.33. The maximum absolute atomic E-state index is 11.5. The van der Waals surface area contributed by atoms with E-state index in [0.717, 1.165) is 5.84 Å². The summed E-state index contributed by atoms with van der Waals surface area (Å²) in [7, 11) is 0. The third kappa shape index (κ3) is 2.13. The van der Waals surface area contributed by atoms with E-state index in [0.29, 0.717) is 6.42 Å². The molecular formula is C13H16N2O. The lowest BCUT2D eigenvalue weighted by Gasteiger charge is -2.07. The molecule has 0 atom stereocenters. The largest absolute Gasteiger partial charge is 0.312 e. The van der Waals surface area contributed by atoms with Gasteiger partial charge < -0.3 is 5.32 Å². The summed E-state index contributed by atoms with van der Waals surface area (Å²) in [5.41, 5.74) is 1.79. The molecule has 1 aliphatic rings. The predicted octanol–water partition coefficient (Wildman–Crippen LogP) is 1.84. The van der Waals surface area contributed by atoms with Gasteiger partial charge in [-0.05, 0) is 26.3 Å². The van der Waals surface area contributed by atoms with Crippen LogP contribution in [-0.4, -0.2) is 17.3 Å². The molecule has 0 aliphatic carbocycles. The van der Waals surface area contributed by atoms with Gasteiger partial charge in [-0.2, -0.15) is 0 Å². The second-order valence-electron chi connectivity index (χ2n) is 4.74. The molecule has 0 aromatic heterocycles. The van der Waals surface area contributed by atoms with Crippen molar-refractivity contribution in [2.75, 3.05) is 0 Å². The van der Waals surface area contributed by atoms with Crippen molar-refractivity contribution in [2.24, 2.45) is 4.99 Å². The average Bonchev–Trinajstić information content (AvgIpc) is 2.40. The van der Waals surface area contributed by atoms with Gasteiger partial charge in [0.2, 0.25) is 0 Å². The van der Waals surface area contributed by atoms with Crippen LogP contribution in [0.2, 0.25) is 0 Å². The van der Waals surface area contributed by atoms with E-state index >= 15 is 0 Å². The maximum Gasteiger partial charge on any atom is 0.252 e. The number of amides is 1. The molecule has 0 spiro atoms. The van der Waals surface area contributed by atoms with Crippen LogP contribution in [0.3, 0.4) is 0 Å². The highest BCUT2D eigenvalue weighted by Crippen LogP contribution is 2.16. The lowest BCUT2D eigenvalue weighted by atomic mass is 10.1. The van der Waals surface area contributed by atoms with E-state index in [9.17, 15) is 4.79 Å². The van der Waals surface area contributed by atoms with E-state index in [-0.39, 0.29) is 5.91 Å². The first-order valence-electron chi connectivity index (χ1n) is 5.43. The van der Waals surface area contributed by atoms with Crippen LogP contribution in [0, 0.1) is 6.92 Å². The van der Waals surface area contributed by atoms with Crippen LogP contribution in [0.25, 0.3) is 0 Å². The fourth-order valence-electron chi connectivity index (χ4n) is 1.80. The minimum absolute atomic E-state index is 0.0184. The summed E-state index contributed by atoms with van der Waals surface area (Å²) < 4.78 is 0. The number of aryl methyl sites for hydroxylation is 1. The van der Waals surface area contributed by atoms with Gasteiger partial charge in [-0.25, -0.2) is 0 Å². The molecule has 2 rings (SSSR count). The van der Waals surface area contributed by atoms with Gasteiger partial charge in [0, 0.05) is 6.42 Å². The first-order chi connectivity index (χ1) is 7.47. The van der Waals surface area contributed by atoms with Crippen LogP contribution < -0.4 is 5.32 Å². The van der Waals surface area contributed by atoms with E-state index in [1.165, 1.54) is 11.1 Å². The molecule has 3 nitrogen and oxygen atoms in total. The topological polar surface area (TPSA) is 41.5 Å². The molecule has 0 fully saturated rings. The second-order valence-corrected chi connectivity index (χ2v) is 4.74. The summed E-state index contributed by atoms with van der Waals surface area (Å²) in [5, 5.41) is 2.82. The fraction of sp³-hybridized carbons (Fsp3) is 0.385. The Morgan fingerprint density at radius 2 is 2.12 bits per heavy atom. The normalized spacial score (nSPS) is 18.2. The monoisotopic (exact) mass is 216 g/mol. The van der Waals surface area contributed by atoms with Crippen LogP contribution >= 0.6 is 0 Å². The van der Waals surface area contributed by atoms with Gasteiger partial charge in [0.15, 0.2) is 0 Å². The summed E-state index contributed by atoms with van der Waals surface area (Å²) in [4.78, 5) is 15.9. The van der Waals surface area contributed by atoms with Crippen molar-refractivity contribution in [3.63, 3.8) is 0 Å². The summed E-state index contributed by atoms with van der Waals surface area (Å²) in [6, 6.07) is 8.24. The molecule has 1 aromatic rings. The number of rotatable bonds is 2. The summed E-state index contributed by atoms with van der Waals surface area (Å²) in [6.07, 6.45) is 0.691. The molecular weight excluding hydrogens is 200 g/mol. The molecule has 0 unspecified atom stereocenters. The van der Waals surface area contributed by atoms with Crippen molar-refractivity contribution >= 4 is 11.7 Å². The van der Waals surface area contributed by atoms with Crippen LogP contribution in [0.15, 0.2) is 29.3 Å². The first-order valence-corrected chi connectivity index (χ1v) is 5.43. The highest BCUT2D eigenvalue weighted by molar-refractivity contribution is 6.08. The zero-order valence-corrected chi connectivity index (χ0v) is 9.87. The molecule has 0 saturated heterocycles. The highest BCUT2D eigenvalue weighted by atomic mass is 16.2. The zero-order chi connectivity index (χ0) is 11.8.